The Balaban J connectivity index is 2.44. The van der Waals surface area contributed by atoms with E-state index in [0.717, 1.165) is 6.42 Å². The molecule has 0 atom stereocenters. The molecule has 5 nitrogen and oxygen atoms in total. The number of hydrogen-bond donors (Lipinski definition) is 2. The molecule has 2 N–H and O–H groups in total. The highest BCUT2D eigenvalue weighted by molar-refractivity contribution is 6.20. The van der Waals surface area contributed by atoms with Crippen LogP contribution in [0.4, 0.5) is 0 Å². The topological polar surface area (TPSA) is 76.0 Å². The lowest BCUT2D eigenvalue weighted by atomic mass is 10.0. The van der Waals surface area contributed by atoms with Crippen LogP contribution in [0.5, 0.6) is 17.2 Å². The zero-order valence-corrected chi connectivity index (χ0v) is 13.7. The largest absolute Gasteiger partial charge is 0.508 e. The van der Waals surface area contributed by atoms with E-state index in [4.69, 9.17) is 9.47 Å². The zero-order chi connectivity index (χ0) is 17.5. The summed E-state index contributed by atoms with van der Waals surface area (Å²) in [6.45, 7) is 2.54. The number of carboxylic acids is 1. The van der Waals surface area contributed by atoms with E-state index < -0.39 is 5.97 Å². The SMILES string of the molecule is CCCOc1cc(/C=C(\C(=O)O)c2cccc(O)c2)ccc1OC. The lowest BCUT2D eigenvalue weighted by Crippen LogP contribution is -2.00. The van der Waals surface area contributed by atoms with Gasteiger partial charge in [0.25, 0.3) is 0 Å². The molecule has 126 valence electrons. The molecule has 0 spiro atoms. The van der Waals surface area contributed by atoms with E-state index in [2.05, 4.69) is 0 Å². The molecule has 2 aromatic rings. The minimum atomic E-state index is -1.08. The Bertz CT molecular complexity index is 749. The Morgan fingerprint density at radius 2 is 1.96 bits per heavy atom. The maximum Gasteiger partial charge on any atom is 0.336 e. The first kappa shape index (κ1) is 17.4. The van der Waals surface area contributed by atoms with E-state index in [0.29, 0.717) is 29.2 Å². The molecule has 24 heavy (non-hydrogen) atoms. The van der Waals surface area contributed by atoms with E-state index in [1.54, 1.807) is 37.4 Å². The van der Waals surface area contributed by atoms with Gasteiger partial charge in [-0.25, -0.2) is 4.79 Å². The Morgan fingerprint density at radius 1 is 1.17 bits per heavy atom. The Morgan fingerprint density at radius 3 is 2.58 bits per heavy atom. The first-order valence-corrected chi connectivity index (χ1v) is 7.60. The molecule has 0 aromatic heterocycles. The molecule has 0 saturated heterocycles. The number of phenols is 1. The third-order valence-electron chi connectivity index (χ3n) is 3.35. The van der Waals surface area contributed by atoms with Crippen molar-refractivity contribution in [2.45, 2.75) is 13.3 Å². The Kier molecular flexibility index (Phi) is 5.84. The monoisotopic (exact) mass is 328 g/mol. The van der Waals surface area contributed by atoms with Crippen LogP contribution in [-0.4, -0.2) is 29.9 Å². The number of rotatable bonds is 7. The first-order chi connectivity index (χ1) is 11.5. The van der Waals surface area contributed by atoms with E-state index in [-0.39, 0.29) is 11.3 Å². The van der Waals surface area contributed by atoms with Gasteiger partial charge in [-0.05, 0) is 47.9 Å². The van der Waals surface area contributed by atoms with E-state index in [1.165, 1.54) is 18.2 Å². The minimum Gasteiger partial charge on any atom is -0.508 e. The second kappa shape index (κ2) is 8.06. The molecule has 0 amide bonds. The van der Waals surface area contributed by atoms with Crippen molar-refractivity contribution in [1.29, 1.82) is 0 Å². The van der Waals surface area contributed by atoms with Crippen LogP contribution in [0.15, 0.2) is 42.5 Å². The molecular weight excluding hydrogens is 308 g/mol. The maximum atomic E-state index is 11.6. The van der Waals surface area contributed by atoms with Crippen LogP contribution in [0.1, 0.15) is 24.5 Å². The van der Waals surface area contributed by atoms with Crippen LogP contribution in [0, 0.1) is 0 Å². The smallest absolute Gasteiger partial charge is 0.336 e. The second-order valence-electron chi connectivity index (χ2n) is 5.17. The number of benzene rings is 2. The highest BCUT2D eigenvalue weighted by atomic mass is 16.5. The molecule has 0 aliphatic carbocycles. The lowest BCUT2D eigenvalue weighted by Gasteiger charge is -2.11. The molecule has 5 heteroatoms. The number of aliphatic carboxylic acids is 1. The van der Waals surface area contributed by atoms with Crippen molar-refractivity contribution in [3.63, 3.8) is 0 Å². The quantitative estimate of drug-likeness (QED) is 0.597. The molecule has 0 aliphatic rings. The Labute approximate surface area is 140 Å². The molecule has 2 rings (SSSR count). The number of hydrogen-bond acceptors (Lipinski definition) is 4. The molecule has 0 heterocycles. The van der Waals surface area contributed by atoms with Crippen LogP contribution < -0.4 is 9.47 Å². The van der Waals surface area contributed by atoms with Gasteiger partial charge in [-0.15, -0.1) is 0 Å². The van der Waals surface area contributed by atoms with Crippen LogP contribution in [0.2, 0.25) is 0 Å². The number of carboxylic acid groups (broad SMARTS) is 1. The standard InChI is InChI=1S/C19H20O5/c1-3-9-24-18-11-13(7-8-17(18)23-2)10-16(19(21)22)14-5-4-6-15(20)12-14/h4-8,10-12,20H,3,9H2,1-2H3,(H,21,22)/b16-10-. The van der Waals surface area contributed by atoms with Gasteiger partial charge in [0.1, 0.15) is 5.75 Å². The van der Waals surface area contributed by atoms with Crippen molar-refractivity contribution in [1.82, 2.24) is 0 Å². The average molecular weight is 328 g/mol. The molecule has 0 saturated carbocycles. The summed E-state index contributed by atoms with van der Waals surface area (Å²) in [5.41, 5.74) is 1.18. The highest BCUT2D eigenvalue weighted by Gasteiger charge is 2.12. The van der Waals surface area contributed by atoms with Crippen molar-refractivity contribution in [3.05, 3.63) is 53.6 Å². The van der Waals surface area contributed by atoms with Crippen LogP contribution in [0.25, 0.3) is 11.6 Å². The second-order valence-corrected chi connectivity index (χ2v) is 5.17. The van der Waals surface area contributed by atoms with E-state index in [1.807, 2.05) is 6.92 Å². The van der Waals surface area contributed by atoms with E-state index in [9.17, 15) is 15.0 Å². The summed E-state index contributed by atoms with van der Waals surface area (Å²) >= 11 is 0. The van der Waals surface area contributed by atoms with Gasteiger partial charge in [-0.2, -0.15) is 0 Å². The molecule has 0 fully saturated rings. The van der Waals surface area contributed by atoms with Crippen molar-refractivity contribution >= 4 is 17.6 Å². The highest BCUT2D eigenvalue weighted by Crippen LogP contribution is 2.30. The van der Waals surface area contributed by atoms with Gasteiger partial charge in [0.05, 0.1) is 19.3 Å². The predicted molar refractivity (Wildman–Crippen MR) is 92.4 cm³/mol. The average Bonchev–Trinajstić information content (AvgIpc) is 2.57. The van der Waals surface area contributed by atoms with Gasteiger partial charge in [0.2, 0.25) is 0 Å². The fourth-order valence-corrected chi connectivity index (χ4v) is 2.22. The fraction of sp³-hybridized carbons (Fsp3) is 0.211. The van der Waals surface area contributed by atoms with Gasteiger partial charge < -0.3 is 19.7 Å². The fourth-order valence-electron chi connectivity index (χ4n) is 2.22. The zero-order valence-electron chi connectivity index (χ0n) is 13.7. The summed E-state index contributed by atoms with van der Waals surface area (Å²) in [6, 6.07) is 11.4. The minimum absolute atomic E-state index is 0.0151. The lowest BCUT2D eigenvalue weighted by molar-refractivity contribution is -0.130. The van der Waals surface area contributed by atoms with Crippen LogP contribution in [-0.2, 0) is 4.79 Å². The number of aromatic hydroxyl groups is 1. The molecule has 0 bridgehead atoms. The van der Waals surface area contributed by atoms with Crippen LogP contribution in [0.3, 0.4) is 0 Å². The normalized spacial score (nSPS) is 11.2. The number of ether oxygens (including phenoxy) is 2. The van der Waals surface area contributed by atoms with Gasteiger partial charge in [-0.1, -0.05) is 25.1 Å². The molecule has 0 aliphatic heterocycles. The van der Waals surface area contributed by atoms with Gasteiger partial charge in [0.15, 0.2) is 11.5 Å². The van der Waals surface area contributed by atoms with Crippen molar-refractivity contribution < 1.29 is 24.5 Å². The first-order valence-electron chi connectivity index (χ1n) is 7.60. The summed E-state index contributed by atoms with van der Waals surface area (Å²) in [7, 11) is 1.55. The summed E-state index contributed by atoms with van der Waals surface area (Å²) in [6.07, 6.45) is 2.39. The summed E-state index contributed by atoms with van der Waals surface area (Å²) in [5.74, 6) is 0.0948. The van der Waals surface area contributed by atoms with Crippen molar-refractivity contribution in [3.8, 4) is 17.2 Å². The summed E-state index contributed by atoms with van der Waals surface area (Å²) < 4.78 is 10.9. The van der Waals surface area contributed by atoms with Crippen LogP contribution >= 0.6 is 0 Å². The Hall–Kier alpha value is -2.95. The summed E-state index contributed by atoms with van der Waals surface area (Å²) in [4.78, 5) is 11.6. The van der Waals surface area contributed by atoms with Crippen molar-refractivity contribution in [2.24, 2.45) is 0 Å². The molecule has 0 radical (unpaired) electrons. The number of phenolic OH excluding ortho intramolecular Hbond substituents is 1. The van der Waals surface area contributed by atoms with Gasteiger partial charge >= 0.3 is 5.97 Å². The predicted octanol–water partition coefficient (Wildman–Crippen LogP) is 3.81. The third kappa shape index (κ3) is 4.29. The number of methoxy groups -OCH3 is 1. The molecule has 2 aromatic carbocycles. The van der Waals surface area contributed by atoms with Gasteiger partial charge in [-0.3, -0.25) is 0 Å². The molecular formula is C19H20O5. The summed E-state index contributed by atoms with van der Waals surface area (Å²) in [5, 5.41) is 19.0. The third-order valence-corrected chi connectivity index (χ3v) is 3.35. The molecule has 0 unspecified atom stereocenters. The van der Waals surface area contributed by atoms with E-state index >= 15 is 0 Å². The number of carbonyl (C=O) groups is 1. The van der Waals surface area contributed by atoms with Crippen molar-refractivity contribution in [2.75, 3.05) is 13.7 Å². The maximum absolute atomic E-state index is 11.6. The van der Waals surface area contributed by atoms with Gasteiger partial charge in [0, 0.05) is 0 Å².